The summed E-state index contributed by atoms with van der Waals surface area (Å²) in [5.41, 5.74) is 1.06. The van der Waals surface area contributed by atoms with Crippen molar-refractivity contribution in [3.63, 3.8) is 0 Å². The third kappa shape index (κ3) is 5.09. The van der Waals surface area contributed by atoms with Gasteiger partial charge < -0.3 is 9.97 Å². The van der Waals surface area contributed by atoms with Gasteiger partial charge >= 0.3 is 0 Å². The number of hydrogen-bond acceptors (Lipinski definition) is 2. The van der Waals surface area contributed by atoms with Crippen molar-refractivity contribution in [2.75, 3.05) is 0 Å². The van der Waals surface area contributed by atoms with Crippen LogP contribution in [0.1, 0.15) is 5.82 Å². The number of benzene rings is 1. The van der Waals surface area contributed by atoms with E-state index in [0.717, 1.165) is 11.3 Å². The van der Waals surface area contributed by atoms with Crippen LogP contribution in [0.5, 0.6) is 0 Å². The SMILES string of the molecule is C=Cc1ncc[nH]1.c1cc[nH]c1.c1ccc2ncccc2c1. The van der Waals surface area contributed by atoms with Gasteiger partial charge in [0.05, 0.1) is 5.52 Å². The molecule has 0 bridgehead atoms. The fourth-order valence-corrected chi connectivity index (χ4v) is 1.68. The van der Waals surface area contributed by atoms with Gasteiger partial charge in [-0.05, 0) is 30.3 Å². The molecule has 0 aliphatic rings. The van der Waals surface area contributed by atoms with Crippen LogP contribution in [0.15, 0.2) is 86.1 Å². The molecule has 0 unspecified atom stereocenters. The number of para-hydroxylation sites is 1. The number of aromatic nitrogens is 4. The number of hydrogen-bond donors (Lipinski definition) is 2. The van der Waals surface area contributed by atoms with Crippen LogP contribution in [0.3, 0.4) is 0 Å². The van der Waals surface area contributed by atoms with E-state index in [2.05, 4.69) is 38.6 Å². The van der Waals surface area contributed by atoms with Gasteiger partial charge in [0.15, 0.2) is 0 Å². The van der Waals surface area contributed by atoms with E-state index >= 15 is 0 Å². The van der Waals surface area contributed by atoms with Crippen LogP contribution in [0, 0.1) is 0 Å². The molecule has 22 heavy (non-hydrogen) atoms. The second-order valence-corrected chi connectivity index (χ2v) is 4.26. The lowest BCUT2D eigenvalue weighted by molar-refractivity contribution is 1.27. The zero-order valence-electron chi connectivity index (χ0n) is 12.2. The quantitative estimate of drug-likeness (QED) is 0.549. The average molecular weight is 290 g/mol. The number of pyridine rings is 1. The topological polar surface area (TPSA) is 57.4 Å². The molecule has 0 atom stereocenters. The summed E-state index contributed by atoms with van der Waals surface area (Å²) >= 11 is 0. The third-order valence-electron chi connectivity index (χ3n) is 2.72. The molecule has 4 aromatic rings. The Hall–Kier alpha value is -3.14. The van der Waals surface area contributed by atoms with Crippen molar-refractivity contribution in [1.29, 1.82) is 0 Å². The number of H-pyrrole nitrogens is 2. The van der Waals surface area contributed by atoms with Crippen molar-refractivity contribution in [2.24, 2.45) is 0 Å². The summed E-state index contributed by atoms with van der Waals surface area (Å²) < 4.78 is 0. The lowest BCUT2D eigenvalue weighted by atomic mass is 10.2. The predicted octanol–water partition coefficient (Wildman–Crippen LogP) is 4.30. The van der Waals surface area contributed by atoms with Crippen LogP contribution in [0.2, 0.25) is 0 Å². The summed E-state index contributed by atoms with van der Waals surface area (Å²) in [5, 5.41) is 1.20. The van der Waals surface area contributed by atoms with E-state index in [1.807, 2.05) is 55.0 Å². The maximum atomic E-state index is 4.18. The number of nitrogens with one attached hydrogen (secondary N) is 2. The average Bonchev–Trinajstić information content (AvgIpc) is 3.31. The minimum Gasteiger partial charge on any atom is -0.368 e. The van der Waals surface area contributed by atoms with Gasteiger partial charge in [0.1, 0.15) is 5.82 Å². The summed E-state index contributed by atoms with van der Waals surface area (Å²) in [6, 6.07) is 16.0. The molecule has 0 aliphatic heterocycles. The summed E-state index contributed by atoms with van der Waals surface area (Å²) in [6.07, 6.45) is 10.7. The van der Waals surface area contributed by atoms with E-state index in [0.29, 0.717) is 0 Å². The first-order chi connectivity index (χ1) is 10.9. The summed E-state index contributed by atoms with van der Waals surface area (Å²) in [5.74, 6) is 0.819. The minimum atomic E-state index is 0.819. The van der Waals surface area contributed by atoms with Crippen molar-refractivity contribution in [2.45, 2.75) is 0 Å². The standard InChI is InChI=1S/C9H7N.C5H6N2.C4H5N/c1-2-6-9-8(4-1)5-3-7-10-9;1-2-5-6-3-4-7-5;1-2-4-5-3-1/h1-7H;2-4H,1H2,(H,6,7);1-5H. The highest BCUT2D eigenvalue weighted by molar-refractivity contribution is 5.77. The van der Waals surface area contributed by atoms with E-state index in [4.69, 9.17) is 0 Å². The van der Waals surface area contributed by atoms with Gasteiger partial charge in [-0.1, -0.05) is 30.8 Å². The maximum absolute atomic E-state index is 4.18. The minimum absolute atomic E-state index is 0.819. The van der Waals surface area contributed by atoms with Crippen LogP contribution in [0.25, 0.3) is 17.0 Å². The maximum Gasteiger partial charge on any atom is 0.129 e. The highest BCUT2D eigenvalue weighted by Crippen LogP contribution is 2.07. The molecule has 4 nitrogen and oxygen atoms in total. The molecule has 0 fully saturated rings. The van der Waals surface area contributed by atoms with Crippen molar-refractivity contribution in [3.8, 4) is 0 Å². The fourth-order valence-electron chi connectivity index (χ4n) is 1.68. The molecule has 3 heterocycles. The van der Waals surface area contributed by atoms with E-state index < -0.39 is 0 Å². The van der Waals surface area contributed by atoms with Crippen molar-refractivity contribution < 1.29 is 0 Å². The Kier molecular flexibility index (Phi) is 6.18. The van der Waals surface area contributed by atoms with Gasteiger partial charge in [0.25, 0.3) is 0 Å². The Balaban J connectivity index is 0.000000129. The molecule has 0 saturated carbocycles. The van der Waals surface area contributed by atoms with Gasteiger partial charge in [-0.25, -0.2) is 4.98 Å². The Bertz CT molecular complexity index is 676. The lowest BCUT2D eigenvalue weighted by Gasteiger charge is -1.91. The summed E-state index contributed by atoms with van der Waals surface area (Å²) in [4.78, 5) is 13.8. The zero-order chi connectivity index (χ0) is 15.5. The number of rotatable bonds is 1. The van der Waals surface area contributed by atoms with Gasteiger partial charge in [-0.2, -0.15) is 0 Å². The normalized spacial score (nSPS) is 9.09. The molecule has 1 aromatic carbocycles. The Morgan fingerprint density at radius 1 is 0.818 bits per heavy atom. The van der Waals surface area contributed by atoms with Crippen molar-refractivity contribution in [3.05, 3.63) is 91.9 Å². The van der Waals surface area contributed by atoms with E-state index in [1.54, 1.807) is 18.5 Å². The van der Waals surface area contributed by atoms with Crippen LogP contribution in [-0.2, 0) is 0 Å². The second kappa shape index (κ2) is 8.92. The number of fused-ring (bicyclic) bond motifs is 1. The van der Waals surface area contributed by atoms with Gasteiger partial charge in [-0.3, -0.25) is 4.98 Å². The van der Waals surface area contributed by atoms with E-state index in [-0.39, 0.29) is 0 Å². The zero-order valence-corrected chi connectivity index (χ0v) is 12.2. The summed E-state index contributed by atoms with van der Waals surface area (Å²) in [7, 11) is 0. The smallest absolute Gasteiger partial charge is 0.129 e. The molecule has 0 amide bonds. The lowest BCUT2D eigenvalue weighted by Crippen LogP contribution is -1.73. The van der Waals surface area contributed by atoms with Crippen LogP contribution >= 0.6 is 0 Å². The Morgan fingerprint density at radius 2 is 1.59 bits per heavy atom. The first-order valence-corrected chi connectivity index (χ1v) is 6.89. The number of aromatic amines is 2. The molecule has 4 heteroatoms. The van der Waals surface area contributed by atoms with E-state index in [1.165, 1.54) is 5.39 Å². The molecular weight excluding hydrogens is 272 g/mol. The highest BCUT2D eigenvalue weighted by atomic mass is 14.9. The van der Waals surface area contributed by atoms with E-state index in [9.17, 15) is 0 Å². The molecule has 3 aromatic heterocycles. The Morgan fingerprint density at radius 3 is 2.14 bits per heavy atom. The monoisotopic (exact) mass is 290 g/mol. The third-order valence-corrected chi connectivity index (χ3v) is 2.72. The van der Waals surface area contributed by atoms with Crippen LogP contribution in [0.4, 0.5) is 0 Å². The van der Waals surface area contributed by atoms with Gasteiger partial charge in [0, 0.05) is 36.4 Å². The molecular formula is C18H18N4. The van der Waals surface area contributed by atoms with Gasteiger partial charge in [-0.15, -0.1) is 0 Å². The van der Waals surface area contributed by atoms with Crippen LogP contribution < -0.4 is 0 Å². The molecule has 4 rings (SSSR count). The fraction of sp³-hybridized carbons (Fsp3) is 0. The largest absolute Gasteiger partial charge is 0.368 e. The molecule has 0 aliphatic carbocycles. The molecule has 2 N–H and O–H groups in total. The molecule has 0 saturated heterocycles. The number of imidazole rings is 1. The molecule has 0 spiro atoms. The molecule has 110 valence electrons. The second-order valence-electron chi connectivity index (χ2n) is 4.26. The first-order valence-electron chi connectivity index (χ1n) is 6.89. The van der Waals surface area contributed by atoms with Crippen LogP contribution in [-0.4, -0.2) is 19.9 Å². The molecule has 0 radical (unpaired) electrons. The first kappa shape index (κ1) is 15.3. The summed E-state index contributed by atoms with van der Waals surface area (Å²) in [6.45, 7) is 3.51. The van der Waals surface area contributed by atoms with Gasteiger partial charge in [0.2, 0.25) is 0 Å². The Labute approximate surface area is 129 Å². The highest BCUT2D eigenvalue weighted by Gasteiger charge is 1.86. The van der Waals surface area contributed by atoms with Crippen molar-refractivity contribution in [1.82, 2.24) is 19.9 Å². The van der Waals surface area contributed by atoms with Crippen molar-refractivity contribution >= 4 is 17.0 Å². The predicted molar refractivity (Wildman–Crippen MR) is 91.2 cm³/mol. The number of nitrogens with zero attached hydrogens (tertiary/aromatic N) is 2.